The molecule has 1 heterocycles. The molecule has 0 unspecified atom stereocenters. The summed E-state index contributed by atoms with van der Waals surface area (Å²) in [7, 11) is -3.84. The molecule has 4 nitrogen and oxygen atoms in total. The van der Waals surface area contributed by atoms with E-state index in [1.54, 1.807) is 0 Å². The molecule has 0 saturated carbocycles. The topological polar surface area (TPSA) is 57.4 Å². The quantitative estimate of drug-likeness (QED) is 0.525. The van der Waals surface area contributed by atoms with Gasteiger partial charge in [-0.2, -0.15) is 8.42 Å². The number of unbranched alkanes of at least 4 members (excludes halogenated alkanes) is 1. The SMILES string of the molecule is O=S(=O)(O)CCCC[N+]1=CCc2c1ccc1ccccc21. The smallest absolute Gasteiger partial charge is 0.264 e. The van der Waals surface area contributed by atoms with Crippen molar-refractivity contribution >= 4 is 32.8 Å². The molecule has 0 amide bonds. The molecule has 0 spiro atoms. The molecule has 0 bridgehead atoms. The van der Waals surface area contributed by atoms with Crippen LogP contribution >= 0.6 is 0 Å². The van der Waals surface area contributed by atoms with Gasteiger partial charge in [0.05, 0.1) is 12.2 Å². The minimum atomic E-state index is -3.84. The fourth-order valence-electron chi connectivity index (χ4n) is 2.89. The predicted molar refractivity (Wildman–Crippen MR) is 84.2 cm³/mol. The van der Waals surface area contributed by atoms with Gasteiger partial charge in [-0.15, -0.1) is 0 Å². The molecule has 2 aromatic carbocycles. The zero-order chi connectivity index (χ0) is 14.9. The first-order valence-electron chi connectivity index (χ1n) is 7.10. The molecule has 110 valence electrons. The summed E-state index contributed by atoms with van der Waals surface area (Å²) < 4.78 is 32.3. The molecule has 5 heteroatoms. The van der Waals surface area contributed by atoms with Gasteiger partial charge in [-0.3, -0.25) is 4.55 Å². The third-order valence-electron chi connectivity index (χ3n) is 3.89. The molecule has 0 aromatic heterocycles. The van der Waals surface area contributed by atoms with E-state index in [2.05, 4.69) is 41.1 Å². The molecule has 1 aliphatic rings. The largest absolute Gasteiger partial charge is 0.286 e. The Morgan fingerprint density at radius 1 is 1.10 bits per heavy atom. The van der Waals surface area contributed by atoms with Gasteiger partial charge in [0, 0.05) is 18.1 Å². The Morgan fingerprint density at radius 3 is 2.71 bits per heavy atom. The fraction of sp³-hybridized carbons (Fsp3) is 0.312. The van der Waals surface area contributed by atoms with Crippen LogP contribution in [0.5, 0.6) is 0 Å². The van der Waals surface area contributed by atoms with E-state index in [4.69, 9.17) is 4.55 Å². The normalized spacial score (nSPS) is 14.2. The molecule has 0 aliphatic carbocycles. The Morgan fingerprint density at radius 2 is 1.90 bits per heavy atom. The first-order valence-corrected chi connectivity index (χ1v) is 8.71. The monoisotopic (exact) mass is 304 g/mol. The zero-order valence-corrected chi connectivity index (χ0v) is 12.5. The molecule has 0 fully saturated rings. The van der Waals surface area contributed by atoms with Crippen LogP contribution in [0.4, 0.5) is 5.69 Å². The van der Waals surface area contributed by atoms with Crippen molar-refractivity contribution in [2.45, 2.75) is 19.3 Å². The van der Waals surface area contributed by atoms with Crippen LogP contribution in [0.1, 0.15) is 18.4 Å². The van der Waals surface area contributed by atoms with Crippen LogP contribution in [0.25, 0.3) is 10.8 Å². The minimum Gasteiger partial charge on any atom is -0.286 e. The van der Waals surface area contributed by atoms with Gasteiger partial charge < -0.3 is 0 Å². The van der Waals surface area contributed by atoms with Gasteiger partial charge >= 0.3 is 0 Å². The number of hydrogen-bond acceptors (Lipinski definition) is 2. The molecule has 0 radical (unpaired) electrons. The highest BCUT2D eigenvalue weighted by Crippen LogP contribution is 2.31. The van der Waals surface area contributed by atoms with E-state index in [0.29, 0.717) is 6.42 Å². The van der Waals surface area contributed by atoms with Gasteiger partial charge in [0.2, 0.25) is 5.69 Å². The second kappa shape index (κ2) is 5.58. The molecular formula is C16H18NO3S+. The first-order chi connectivity index (χ1) is 10.0. The fourth-order valence-corrected chi connectivity index (χ4v) is 3.46. The van der Waals surface area contributed by atoms with E-state index in [0.717, 1.165) is 19.4 Å². The molecule has 1 N–H and O–H groups in total. The lowest BCUT2D eigenvalue weighted by molar-refractivity contribution is -0.433. The molecule has 3 rings (SSSR count). The predicted octanol–water partition coefficient (Wildman–Crippen LogP) is 2.78. The lowest BCUT2D eigenvalue weighted by Crippen LogP contribution is -2.09. The van der Waals surface area contributed by atoms with E-state index < -0.39 is 10.1 Å². The first kappa shape index (κ1) is 14.2. The number of nitrogens with zero attached hydrogens (tertiary/aromatic N) is 1. The van der Waals surface area contributed by atoms with Gasteiger partial charge in [-0.25, -0.2) is 4.58 Å². The average Bonchev–Trinajstić information content (AvgIpc) is 2.86. The summed E-state index contributed by atoms with van der Waals surface area (Å²) in [6, 6.07) is 12.6. The second-order valence-corrected chi connectivity index (χ2v) is 6.93. The van der Waals surface area contributed by atoms with Crippen LogP contribution in [-0.4, -0.2) is 36.1 Å². The molecule has 0 atom stereocenters. The number of hydrogen-bond donors (Lipinski definition) is 1. The van der Waals surface area contributed by atoms with Gasteiger partial charge in [-0.05, 0) is 23.3 Å². The van der Waals surface area contributed by atoms with Crippen molar-refractivity contribution in [1.82, 2.24) is 0 Å². The maximum absolute atomic E-state index is 10.7. The average molecular weight is 304 g/mol. The van der Waals surface area contributed by atoms with Gasteiger partial charge in [0.1, 0.15) is 12.8 Å². The molecule has 2 aromatic rings. The molecule has 1 aliphatic heterocycles. The second-order valence-electron chi connectivity index (χ2n) is 5.36. The van der Waals surface area contributed by atoms with E-state index >= 15 is 0 Å². The minimum absolute atomic E-state index is 0.161. The van der Waals surface area contributed by atoms with Crippen LogP contribution in [-0.2, 0) is 16.5 Å². The third-order valence-corrected chi connectivity index (χ3v) is 4.70. The summed E-state index contributed by atoms with van der Waals surface area (Å²) >= 11 is 0. The van der Waals surface area contributed by atoms with Crippen LogP contribution in [0, 0.1) is 0 Å². The Balaban J connectivity index is 1.73. The van der Waals surface area contributed by atoms with Crippen molar-refractivity contribution in [1.29, 1.82) is 0 Å². The Kier molecular flexibility index (Phi) is 3.78. The van der Waals surface area contributed by atoms with Gasteiger partial charge in [0.25, 0.3) is 10.1 Å². The highest BCUT2D eigenvalue weighted by molar-refractivity contribution is 7.85. The Hall–Kier alpha value is -1.72. The highest BCUT2D eigenvalue weighted by atomic mass is 32.2. The van der Waals surface area contributed by atoms with Crippen molar-refractivity contribution in [2.24, 2.45) is 0 Å². The molecule has 0 saturated heterocycles. The lowest BCUT2D eigenvalue weighted by atomic mass is 10.0. The third kappa shape index (κ3) is 3.14. The van der Waals surface area contributed by atoms with E-state index in [1.807, 2.05) is 6.07 Å². The summed E-state index contributed by atoms with van der Waals surface area (Å²) in [5, 5.41) is 2.53. The maximum atomic E-state index is 10.7. The number of benzene rings is 2. The lowest BCUT2D eigenvalue weighted by Gasteiger charge is -2.04. The Bertz CT molecular complexity index is 809. The van der Waals surface area contributed by atoms with Crippen molar-refractivity contribution in [3.63, 3.8) is 0 Å². The van der Waals surface area contributed by atoms with Gasteiger partial charge in [-0.1, -0.05) is 24.3 Å². The van der Waals surface area contributed by atoms with Crippen LogP contribution in [0.15, 0.2) is 36.4 Å². The maximum Gasteiger partial charge on any atom is 0.264 e. The number of fused-ring (bicyclic) bond motifs is 3. The summed E-state index contributed by atoms with van der Waals surface area (Å²) in [5.74, 6) is -0.161. The van der Waals surface area contributed by atoms with Gasteiger partial charge in [0.15, 0.2) is 0 Å². The van der Waals surface area contributed by atoms with E-state index in [1.165, 1.54) is 22.0 Å². The summed E-state index contributed by atoms with van der Waals surface area (Å²) in [6.45, 7) is 0.779. The van der Waals surface area contributed by atoms with Crippen molar-refractivity contribution in [2.75, 3.05) is 12.3 Å². The van der Waals surface area contributed by atoms with Crippen molar-refractivity contribution in [3.05, 3.63) is 42.0 Å². The van der Waals surface area contributed by atoms with Crippen LogP contribution in [0.2, 0.25) is 0 Å². The van der Waals surface area contributed by atoms with Crippen LogP contribution < -0.4 is 0 Å². The highest BCUT2D eigenvalue weighted by Gasteiger charge is 2.23. The zero-order valence-electron chi connectivity index (χ0n) is 11.7. The summed E-state index contributed by atoms with van der Waals surface area (Å²) in [4.78, 5) is 0. The molecule has 21 heavy (non-hydrogen) atoms. The van der Waals surface area contributed by atoms with Crippen molar-refractivity contribution < 1.29 is 17.5 Å². The summed E-state index contributed by atoms with van der Waals surface area (Å²) in [6.07, 6.45) is 4.29. The van der Waals surface area contributed by atoms with Crippen molar-refractivity contribution in [3.8, 4) is 0 Å². The summed E-state index contributed by atoms with van der Waals surface area (Å²) in [5.41, 5.74) is 2.54. The van der Waals surface area contributed by atoms with E-state index in [-0.39, 0.29) is 5.75 Å². The van der Waals surface area contributed by atoms with E-state index in [9.17, 15) is 8.42 Å². The standard InChI is InChI=1S/C16H17NO3S/c18-21(19,20)12-4-3-10-17-11-9-15-14-6-2-1-5-13(14)7-8-16(15)17/h1-2,5-8,11H,3-4,9-10,12H2/p+1. The number of rotatable bonds is 5. The van der Waals surface area contributed by atoms with Crippen LogP contribution in [0.3, 0.4) is 0 Å². The molecular weight excluding hydrogens is 286 g/mol. The Labute approximate surface area is 124 Å².